The van der Waals surface area contributed by atoms with Gasteiger partial charge in [0.1, 0.15) is 29.4 Å². The van der Waals surface area contributed by atoms with Crippen molar-refractivity contribution in [3.63, 3.8) is 0 Å². The first kappa shape index (κ1) is 21.3. The van der Waals surface area contributed by atoms with E-state index in [0.29, 0.717) is 51.3 Å². The summed E-state index contributed by atoms with van der Waals surface area (Å²) in [6, 6.07) is 5.04. The topological polar surface area (TPSA) is 138 Å². The zero-order chi connectivity index (χ0) is 23.3. The summed E-state index contributed by atoms with van der Waals surface area (Å²) in [5.41, 5.74) is 6.97. The molecule has 0 bridgehead atoms. The van der Waals surface area contributed by atoms with Crippen molar-refractivity contribution in [3.8, 4) is 11.5 Å². The lowest BCUT2D eigenvalue weighted by Gasteiger charge is -2.23. The predicted molar refractivity (Wildman–Crippen MR) is 125 cm³/mol. The number of benzene rings is 1. The minimum Gasteiger partial charge on any atom is -0.383 e. The molecule has 1 fully saturated rings. The van der Waals surface area contributed by atoms with Gasteiger partial charge in [0.15, 0.2) is 5.82 Å². The molecule has 1 aromatic carbocycles. The summed E-state index contributed by atoms with van der Waals surface area (Å²) in [5.74, 6) is 2.32. The molecule has 4 aromatic rings. The Kier molecular flexibility index (Phi) is 5.24. The minimum absolute atomic E-state index is 0.0741. The number of halogens is 1. The van der Waals surface area contributed by atoms with Crippen LogP contribution >= 0.6 is 11.6 Å². The number of aryl methyl sites for hydroxylation is 1. The van der Waals surface area contributed by atoms with Gasteiger partial charge in [0, 0.05) is 6.04 Å². The summed E-state index contributed by atoms with van der Waals surface area (Å²) in [4.78, 5) is 31.2. The third-order valence-electron chi connectivity index (χ3n) is 5.95. The Balaban J connectivity index is 1.65. The fraction of sp³-hybridized carbons (Fsp3) is 0.364. The number of fused-ring (bicyclic) bond motifs is 1. The van der Waals surface area contributed by atoms with Crippen LogP contribution in [0.1, 0.15) is 50.4 Å². The number of hydrogen-bond acceptors (Lipinski definition) is 9. The number of nitrogens with zero attached hydrogens (tertiary/aromatic N) is 6. The second-order valence-electron chi connectivity index (χ2n) is 8.29. The molecule has 11 heteroatoms. The first-order valence-corrected chi connectivity index (χ1v) is 11.1. The zero-order valence-electron chi connectivity index (χ0n) is 18.4. The maximum atomic E-state index is 13.5. The third kappa shape index (κ3) is 3.70. The summed E-state index contributed by atoms with van der Waals surface area (Å²) in [7, 11) is 0. The van der Waals surface area contributed by atoms with Gasteiger partial charge in [0.25, 0.3) is 11.4 Å². The van der Waals surface area contributed by atoms with E-state index in [1.54, 1.807) is 29.7 Å². The van der Waals surface area contributed by atoms with Crippen molar-refractivity contribution in [1.29, 1.82) is 0 Å². The number of rotatable bonds is 6. The second-order valence-corrected chi connectivity index (χ2v) is 8.70. The highest BCUT2D eigenvalue weighted by Crippen LogP contribution is 2.44. The zero-order valence-corrected chi connectivity index (χ0v) is 19.2. The molecule has 0 aliphatic heterocycles. The smallest absolute Gasteiger partial charge is 0.265 e. The lowest BCUT2D eigenvalue weighted by atomic mass is 10.1. The van der Waals surface area contributed by atoms with Crippen molar-refractivity contribution in [2.45, 2.75) is 45.7 Å². The summed E-state index contributed by atoms with van der Waals surface area (Å²) < 4.78 is 7.10. The van der Waals surface area contributed by atoms with Gasteiger partial charge in [0.2, 0.25) is 0 Å². The van der Waals surface area contributed by atoms with Crippen molar-refractivity contribution in [2.75, 3.05) is 11.1 Å². The van der Waals surface area contributed by atoms with Gasteiger partial charge in [-0.2, -0.15) is 4.98 Å². The quantitative estimate of drug-likeness (QED) is 0.432. The lowest BCUT2D eigenvalue weighted by Crippen LogP contribution is -2.29. The Hall–Kier alpha value is -3.53. The van der Waals surface area contributed by atoms with Gasteiger partial charge >= 0.3 is 0 Å². The molecule has 1 aliphatic carbocycles. The van der Waals surface area contributed by atoms with Gasteiger partial charge in [-0.25, -0.2) is 15.0 Å². The number of nitrogens with one attached hydrogen (secondary N) is 1. The van der Waals surface area contributed by atoms with Crippen LogP contribution in [0, 0.1) is 12.8 Å². The minimum atomic E-state index is -0.342. The Labute approximate surface area is 194 Å². The third-order valence-corrected chi connectivity index (χ3v) is 6.27. The molecule has 0 spiro atoms. The summed E-state index contributed by atoms with van der Waals surface area (Å²) in [6.07, 6.45) is 2.90. The number of nitrogens with two attached hydrogens (primary N) is 1. The van der Waals surface area contributed by atoms with Crippen LogP contribution in [0.5, 0.6) is 0 Å². The second kappa shape index (κ2) is 8.11. The highest BCUT2D eigenvalue weighted by molar-refractivity contribution is 6.35. The lowest BCUT2D eigenvalue weighted by molar-refractivity contribution is 0.425. The summed E-state index contributed by atoms with van der Waals surface area (Å²) in [6.45, 7) is 5.84. The van der Waals surface area contributed by atoms with Crippen molar-refractivity contribution in [1.82, 2.24) is 29.7 Å². The maximum Gasteiger partial charge on any atom is 0.265 e. The molecular weight excluding hydrogens is 444 g/mol. The number of hydrogen-bond donors (Lipinski definition) is 2. The largest absolute Gasteiger partial charge is 0.383 e. The van der Waals surface area contributed by atoms with Gasteiger partial charge in [-0.3, -0.25) is 9.36 Å². The standard InChI is InChI=1S/C22H23ClN8O2/c1-4-13(28-19-17(18(24)25-9-26-19)21-27-11(3)30-33-21)20-29-14-7-5-6-12(23)16(14)22(32)31(20)15-8-10(15)2/h5-7,9-10,13,15H,4,8H2,1-3H3,(H3,24,25,26,28)/t10-,13-,15+/m0/s1. The normalized spacial score (nSPS) is 18.4. The average Bonchev–Trinajstić information content (AvgIpc) is 3.34. The van der Waals surface area contributed by atoms with Gasteiger partial charge in [0.05, 0.1) is 22.0 Å². The predicted octanol–water partition coefficient (Wildman–Crippen LogP) is 3.92. The van der Waals surface area contributed by atoms with Crippen LogP contribution in [0.2, 0.25) is 5.02 Å². The van der Waals surface area contributed by atoms with E-state index >= 15 is 0 Å². The van der Waals surface area contributed by atoms with Crippen molar-refractivity contribution < 1.29 is 4.52 Å². The van der Waals surface area contributed by atoms with E-state index in [1.165, 1.54) is 6.33 Å². The molecule has 10 nitrogen and oxygen atoms in total. The number of nitrogen functional groups attached to an aromatic ring is 1. The molecule has 0 unspecified atom stereocenters. The van der Waals surface area contributed by atoms with Crippen molar-refractivity contribution in [3.05, 3.63) is 51.6 Å². The van der Waals surface area contributed by atoms with E-state index in [2.05, 4.69) is 32.3 Å². The molecule has 1 saturated carbocycles. The van der Waals surface area contributed by atoms with E-state index in [9.17, 15) is 4.79 Å². The molecule has 1 aliphatic rings. The number of anilines is 2. The Morgan fingerprint density at radius 1 is 1.33 bits per heavy atom. The van der Waals surface area contributed by atoms with Crippen LogP contribution in [-0.2, 0) is 0 Å². The molecule has 3 atom stereocenters. The first-order chi connectivity index (χ1) is 15.9. The summed E-state index contributed by atoms with van der Waals surface area (Å²) in [5, 5.41) is 8.07. The van der Waals surface area contributed by atoms with Crippen LogP contribution in [0.4, 0.5) is 11.6 Å². The molecule has 5 rings (SSSR count). The highest BCUT2D eigenvalue weighted by Gasteiger charge is 2.38. The SMILES string of the molecule is CC[C@H](Nc1ncnc(N)c1-c1nc(C)no1)c1nc2cccc(Cl)c2c(=O)n1[C@@H]1C[C@@H]1C. The maximum absolute atomic E-state index is 13.5. The van der Waals surface area contributed by atoms with E-state index in [1.807, 2.05) is 6.92 Å². The van der Waals surface area contributed by atoms with Crippen molar-refractivity contribution >= 4 is 34.1 Å². The fourth-order valence-electron chi connectivity index (χ4n) is 4.08. The van der Waals surface area contributed by atoms with Gasteiger partial charge in [-0.05, 0) is 37.8 Å². The van der Waals surface area contributed by atoms with E-state index in [-0.39, 0.29) is 29.4 Å². The molecule has 3 aromatic heterocycles. The molecule has 3 heterocycles. The van der Waals surface area contributed by atoms with Crippen LogP contribution < -0.4 is 16.6 Å². The van der Waals surface area contributed by atoms with Crippen LogP contribution in [-0.4, -0.2) is 29.7 Å². The van der Waals surface area contributed by atoms with E-state index in [0.717, 1.165) is 6.42 Å². The van der Waals surface area contributed by atoms with Crippen LogP contribution in [0.3, 0.4) is 0 Å². The first-order valence-electron chi connectivity index (χ1n) is 10.8. The molecule has 0 amide bonds. The van der Waals surface area contributed by atoms with Gasteiger partial charge in [-0.1, -0.05) is 36.7 Å². The Morgan fingerprint density at radius 3 is 2.79 bits per heavy atom. The number of aromatic nitrogens is 6. The van der Waals surface area contributed by atoms with E-state index in [4.69, 9.17) is 26.8 Å². The van der Waals surface area contributed by atoms with Crippen molar-refractivity contribution in [2.24, 2.45) is 5.92 Å². The monoisotopic (exact) mass is 466 g/mol. The molecule has 170 valence electrons. The Bertz CT molecular complexity index is 1420. The molecule has 0 radical (unpaired) electrons. The molecule has 3 N–H and O–H groups in total. The highest BCUT2D eigenvalue weighted by atomic mass is 35.5. The van der Waals surface area contributed by atoms with E-state index < -0.39 is 0 Å². The fourth-order valence-corrected chi connectivity index (χ4v) is 4.33. The Morgan fingerprint density at radius 2 is 2.12 bits per heavy atom. The average molecular weight is 467 g/mol. The van der Waals surface area contributed by atoms with Crippen LogP contribution in [0.25, 0.3) is 22.4 Å². The summed E-state index contributed by atoms with van der Waals surface area (Å²) >= 11 is 6.38. The molecule has 0 saturated heterocycles. The molecule has 33 heavy (non-hydrogen) atoms. The van der Waals surface area contributed by atoms with Gasteiger partial charge in [-0.15, -0.1) is 0 Å². The van der Waals surface area contributed by atoms with Crippen LogP contribution in [0.15, 0.2) is 33.8 Å². The van der Waals surface area contributed by atoms with Gasteiger partial charge < -0.3 is 15.6 Å². The molecular formula is C22H23ClN8O2.